The first-order valence-corrected chi connectivity index (χ1v) is 8.23. The number of ether oxygens (including phenoxy) is 1. The predicted octanol–water partition coefficient (Wildman–Crippen LogP) is 1.04. The van der Waals surface area contributed by atoms with Crippen molar-refractivity contribution >= 4 is 23.4 Å². The molecule has 5 heteroatoms. The van der Waals surface area contributed by atoms with Gasteiger partial charge < -0.3 is 15.0 Å². The standard InChI is InChI=1S/C15H22N2O2S/c1-11-8-17(9-12(2)19-11)10-15(18)16-13-6-4-5-7-14(13)20-3/h4-7,11-12H,8-10H2,1-3H3,(H,16,18)/p+1/t11-,12-/m1/s1. The van der Waals surface area contributed by atoms with Crippen LogP contribution in [0.2, 0.25) is 0 Å². The molecule has 1 aliphatic heterocycles. The van der Waals surface area contributed by atoms with Gasteiger partial charge in [0, 0.05) is 4.90 Å². The first kappa shape index (κ1) is 15.4. The van der Waals surface area contributed by atoms with Gasteiger partial charge >= 0.3 is 0 Å². The number of hydrogen-bond acceptors (Lipinski definition) is 3. The fourth-order valence-electron chi connectivity index (χ4n) is 2.70. The molecule has 0 spiro atoms. The third kappa shape index (κ3) is 4.23. The van der Waals surface area contributed by atoms with Gasteiger partial charge in [-0.25, -0.2) is 0 Å². The molecule has 0 aromatic heterocycles. The summed E-state index contributed by atoms with van der Waals surface area (Å²) in [6, 6.07) is 7.90. The third-order valence-electron chi connectivity index (χ3n) is 3.41. The Morgan fingerprint density at radius 3 is 2.65 bits per heavy atom. The Bertz CT molecular complexity index is 457. The van der Waals surface area contributed by atoms with E-state index in [-0.39, 0.29) is 18.1 Å². The van der Waals surface area contributed by atoms with E-state index in [9.17, 15) is 4.79 Å². The van der Waals surface area contributed by atoms with Crippen molar-refractivity contribution in [3.8, 4) is 0 Å². The maximum Gasteiger partial charge on any atom is 0.279 e. The number of hydrogen-bond donors (Lipinski definition) is 2. The van der Waals surface area contributed by atoms with Gasteiger partial charge in [0.1, 0.15) is 25.3 Å². The van der Waals surface area contributed by atoms with E-state index in [0.717, 1.165) is 23.7 Å². The summed E-state index contributed by atoms with van der Waals surface area (Å²) in [6.07, 6.45) is 2.46. The molecule has 1 aliphatic rings. The molecule has 0 radical (unpaired) electrons. The zero-order valence-corrected chi connectivity index (χ0v) is 13.1. The van der Waals surface area contributed by atoms with E-state index in [1.807, 2.05) is 30.5 Å². The lowest BCUT2D eigenvalue weighted by molar-refractivity contribution is -0.907. The van der Waals surface area contributed by atoms with Crippen molar-refractivity contribution < 1.29 is 14.4 Å². The number of carbonyl (C=O) groups excluding carboxylic acids is 1. The zero-order valence-electron chi connectivity index (χ0n) is 12.3. The Morgan fingerprint density at radius 2 is 2.00 bits per heavy atom. The lowest BCUT2D eigenvalue weighted by Gasteiger charge is -2.31. The van der Waals surface area contributed by atoms with Crippen molar-refractivity contribution in [2.75, 3.05) is 31.2 Å². The van der Waals surface area contributed by atoms with Crippen LogP contribution < -0.4 is 10.2 Å². The van der Waals surface area contributed by atoms with Crippen LogP contribution in [-0.4, -0.2) is 44.0 Å². The van der Waals surface area contributed by atoms with Gasteiger partial charge in [-0.2, -0.15) is 0 Å². The molecule has 2 N–H and O–H groups in total. The van der Waals surface area contributed by atoms with Gasteiger partial charge in [0.15, 0.2) is 6.54 Å². The van der Waals surface area contributed by atoms with Crippen LogP contribution in [0.1, 0.15) is 13.8 Å². The molecule has 1 aromatic rings. The van der Waals surface area contributed by atoms with Gasteiger partial charge in [0.05, 0.1) is 5.69 Å². The van der Waals surface area contributed by atoms with Crippen molar-refractivity contribution in [1.29, 1.82) is 0 Å². The molecule has 1 aromatic carbocycles. The van der Waals surface area contributed by atoms with Crippen LogP contribution in [0.25, 0.3) is 0 Å². The number of para-hydroxylation sites is 1. The zero-order chi connectivity index (χ0) is 14.5. The van der Waals surface area contributed by atoms with Gasteiger partial charge in [-0.3, -0.25) is 4.79 Å². The smallest absolute Gasteiger partial charge is 0.279 e. The molecular formula is C15H23N2O2S+. The summed E-state index contributed by atoms with van der Waals surface area (Å²) in [5, 5.41) is 3.02. The molecule has 1 fully saturated rings. The second kappa shape index (κ2) is 7.11. The summed E-state index contributed by atoms with van der Waals surface area (Å²) in [4.78, 5) is 14.6. The number of amides is 1. The van der Waals surface area contributed by atoms with Crippen LogP contribution in [0.4, 0.5) is 5.69 Å². The van der Waals surface area contributed by atoms with E-state index in [2.05, 4.69) is 19.2 Å². The summed E-state index contributed by atoms with van der Waals surface area (Å²) >= 11 is 1.64. The first-order valence-electron chi connectivity index (χ1n) is 7.00. The highest BCUT2D eigenvalue weighted by molar-refractivity contribution is 7.98. The van der Waals surface area contributed by atoms with E-state index in [1.165, 1.54) is 4.90 Å². The van der Waals surface area contributed by atoms with E-state index < -0.39 is 0 Å². The fraction of sp³-hybridized carbons (Fsp3) is 0.533. The Kier molecular flexibility index (Phi) is 5.46. The molecule has 2 atom stereocenters. The van der Waals surface area contributed by atoms with Crippen molar-refractivity contribution in [2.45, 2.75) is 31.0 Å². The normalized spacial score (nSPS) is 26.2. The maximum absolute atomic E-state index is 12.2. The minimum absolute atomic E-state index is 0.0720. The molecule has 2 rings (SSSR count). The van der Waals surface area contributed by atoms with Crippen LogP contribution in [0, 0.1) is 0 Å². The molecule has 0 bridgehead atoms. The van der Waals surface area contributed by atoms with Gasteiger partial charge in [0.2, 0.25) is 0 Å². The van der Waals surface area contributed by atoms with Crippen LogP contribution in [0.15, 0.2) is 29.2 Å². The average Bonchev–Trinajstić information content (AvgIpc) is 2.37. The molecule has 0 saturated carbocycles. The highest BCUT2D eigenvalue weighted by Gasteiger charge is 2.27. The summed E-state index contributed by atoms with van der Waals surface area (Å²) in [5.74, 6) is 0.0720. The SMILES string of the molecule is CSc1ccccc1NC(=O)C[NH+]1C[C@@H](C)O[C@H](C)C1. The Morgan fingerprint density at radius 1 is 1.35 bits per heavy atom. The number of anilines is 1. The maximum atomic E-state index is 12.2. The molecule has 0 aliphatic carbocycles. The summed E-state index contributed by atoms with van der Waals surface area (Å²) < 4.78 is 5.70. The lowest BCUT2D eigenvalue weighted by atomic mass is 10.2. The fourth-order valence-corrected chi connectivity index (χ4v) is 3.26. The second-order valence-corrected chi connectivity index (χ2v) is 6.19. The predicted molar refractivity (Wildman–Crippen MR) is 82.4 cm³/mol. The van der Waals surface area contributed by atoms with Crippen molar-refractivity contribution in [1.82, 2.24) is 0 Å². The molecule has 20 heavy (non-hydrogen) atoms. The highest BCUT2D eigenvalue weighted by Crippen LogP contribution is 2.24. The van der Waals surface area contributed by atoms with Crippen LogP contribution in [0.5, 0.6) is 0 Å². The number of rotatable bonds is 4. The number of morpholine rings is 1. The monoisotopic (exact) mass is 295 g/mol. The van der Waals surface area contributed by atoms with Crippen molar-refractivity contribution in [3.05, 3.63) is 24.3 Å². The molecule has 1 heterocycles. The highest BCUT2D eigenvalue weighted by atomic mass is 32.2. The van der Waals surface area contributed by atoms with E-state index >= 15 is 0 Å². The van der Waals surface area contributed by atoms with Crippen LogP contribution in [-0.2, 0) is 9.53 Å². The average molecular weight is 295 g/mol. The van der Waals surface area contributed by atoms with Gasteiger partial charge in [-0.1, -0.05) is 12.1 Å². The second-order valence-electron chi connectivity index (χ2n) is 5.34. The number of quaternary nitrogens is 1. The molecular weight excluding hydrogens is 272 g/mol. The van der Waals surface area contributed by atoms with Crippen molar-refractivity contribution in [3.63, 3.8) is 0 Å². The van der Waals surface area contributed by atoms with E-state index in [1.54, 1.807) is 11.8 Å². The molecule has 0 unspecified atom stereocenters. The Hall–Kier alpha value is -1.04. The number of nitrogens with one attached hydrogen (secondary N) is 2. The van der Waals surface area contributed by atoms with E-state index in [0.29, 0.717) is 6.54 Å². The Balaban J connectivity index is 1.92. The Labute approximate surface area is 124 Å². The summed E-state index contributed by atoms with van der Waals surface area (Å²) in [7, 11) is 0. The minimum Gasteiger partial charge on any atom is -0.364 e. The third-order valence-corrected chi connectivity index (χ3v) is 4.20. The topological polar surface area (TPSA) is 42.8 Å². The summed E-state index contributed by atoms with van der Waals surface area (Å²) in [6.45, 7) is 6.41. The number of thioether (sulfide) groups is 1. The van der Waals surface area contributed by atoms with Crippen molar-refractivity contribution in [2.24, 2.45) is 0 Å². The van der Waals surface area contributed by atoms with E-state index in [4.69, 9.17) is 4.74 Å². The van der Waals surface area contributed by atoms with Crippen LogP contribution in [0.3, 0.4) is 0 Å². The minimum atomic E-state index is 0.0720. The lowest BCUT2D eigenvalue weighted by Crippen LogP contribution is -3.16. The van der Waals surface area contributed by atoms with Gasteiger partial charge in [0.25, 0.3) is 5.91 Å². The number of carbonyl (C=O) groups is 1. The van der Waals surface area contributed by atoms with Gasteiger partial charge in [-0.15, -0.1) is 11.8 Å². The summed E-state index contributed by atoms with van der Waals surface area (Å²) in [5.41, 5.74) is 0.902. The van der Waals surface area contributed by atoms with Crippen LogP contribution >= 0.6 is 11.8 Å². The first-order chi connectivity index (χ1) is 9.58. The van der Waals surface area contributed by atoms with Gasteiger partial charge in [-0.05, 0) is 32.2 Å². The molecule has 1 amide bonds. The molecule has 110 valence electrons. The molecule has 4 nitrogen and oxygen atoms in total. The largest absolute Gasteiger partial charge is 0.364 e. The quantitative estimate of drug-likeness (QED) is 0.816. The molecule has 1 saturated heterocycles. The number of benzene rings is 1.